The van der Waals surface area contributed by atoms with Crippen LogP contribution in [0.3, 0.4) is 0 Å². The Morgan fingerprint density at radius 2 is 1.83 bits per heavy atom. The van der Waals surface area contributed by atoms with Crippen molar-refractivity contribution < 1.29 is 28.7 Å². The molecule has 35 heavy (non-hydrogen) atoms. The van der Waals surface area contributed by atoms with Crippen molar-refractivity contribution >= 4 is 12.0 Å². The number of benzene rings is 1. The number of rotatable bonds is 6. The highest BCUT2D eigenvalue weighted by molar-refractivity contribution is 5.95. The molecule has 2 amide bonds. The van der Waals surface area contributed by atoms with Crippen LogP contribution in [0.1, 0.15) is 62.6 Å². The predicted octanol–water partition coefficient (Wildman–Crippen LogP) is 3.25. The lowest BCUT2D eigenvalue weighted by Crippen LogP contribution is -2.43. The Morgan fingerprint density at radius 1 is 1.11 bits per heavy atom. The van der Waals surface area contributed by atoms with Crippen molar-refractivity contribution in [2.45, 2.75) is 70.8 Å². The molecule has 2 saturated heterocycles. The molecule has 2 fully saturated rings. The van der Waals surface area contributed by atoms with Gasteiger partial charge in [0.15, 0.2) is 5.82 Å². The van der Waals surface area contributed by atoms with Crippen LogP contribution >= 0.6 is 0 Å². The Kier molecular flexibility index (Phi) is 7.71. The average Bonchev–Trinajstić information content (AvgIpc) is 3.51. The molecule has 1 N–H and O–H groups in total. The molecule has 4 rings (SSSR count). The Hall–Kier alpha value is -2.98. The van der Waals surface area contributed by atoms with Gasteiger partial charge in [0.05, 0.1) is 18.8 Å². The zero-order chi connectivity index (χ0) is 25.0. The van der Waals surface area contributed by atoms with E-state index >= 15 is 0 Å². The minimum atomic E-state index is -0.506. The summed E-state index contributed by atoms with van der Waals surface area (Å²) in [5.41, 5.74) is 0.772. The van der Waals surface area contributed by atoms with Gasteiger partial charge >= 0.3 is 6.09 Å². The van der Waals surface area contributed by atoms with E-state index in [2.05, 4.69) is 10.1 Å². The highest BCUT2D eigenvalue weighted by atomic mass is 16.6. The number of piperidine rings is 1. The third kappa shape index (κ3) is 6.37. The van der Waals surface area contributed by atoms with Gasteiger partial charge < -0.3 is 28.9 Å². The van der Waals surface area contributed by atoms with Crippen molar-refractivity contribution in [2.24, 2.45) is 0 Å². The fraction of sp³-hybridized carbons (Fsp3) is 0.600. The lowest BCUT2D eigenvalue weighted by molar-refractivity contribution is -0.0190. The number of aromatic nitrogens is 2. The number of aliphatic hydroxyl groups excluding tert-OH is 1. The smallest absolute Gasteiger partial charge is 0.410 e. The van der Waals surface area contributed by atoms with Gasteiger partial charge in [-0.15, -0.1) is 0 Å². The second kappa shape index (κ2) is 10.7. The van der Waals surface area contributed by atoms with E-state index < -0.39 is 5.60 Å². The lowest BCUT2D eigenvalue weighted by Gasteiger charge is -2.33. The molecule has 0 bridgehead atoms. The van der Waals surface area contributed by atoms with Crippen molar-refractivity contribution in [1.82, 2.24) is 19.9 Å². The van der Waals surface area contributed by atoms with Gasteiger partial charge in [0.2, 0.25) is 0 Å². The predicted molar refractivity (Wildman–Crippen MR) is 126 cm³/mol. The van der Waals surface area contributed by atoms with E-state index in [1.807, 2.05) is 20.8 Å². The van der Waals surface area contributed by atoms with Crippen LogP contribution in [0.2, 0.25) is 0 Å². The first-order chi connectivity index (χ1) is 16.7. The molecule has 1 aromatic heterocycles. The van der Waals surface area contributed by atoms with E-state index in [-0.39, 0.29) is 37.4 Å². The van der Waals surface area contributed by atoms with Crippen molar-refractivity contribution in [3.8, 4) is 11.5 Å². The van der Waals surface area contributed by atoms with Gasteiger partial charge in [-0.2, -0.15) is 4.98 Å². The van der Waals surface area contributed by atoms with E-state index in [1.54, 1.807) is 34.1 Å². The number of carbonyl (C=O) groups excluding carboxylic acids is 2. The second-order valence-electron chi connectivity index (χ2n) is 10.0. The summed E-state index contributed by atoms with van der Waals surface area (Å²) in [6.45, 7) is 7.60. The van der Waals surface area contributed by atoms with Crippen LogP contribution in [0.15, 0.2) is 28.8 Å². The quantitative estimate of drug-likeness (QED) is 0.661. The highest BCUT2D eigenvalue weighted by Gasteiger charge is 2.29. The normalized spacial score (nSPS) is 19.3. The molecule has 0 unspecified atom stereocenters. The molecule has 0 spiro atoms. The molecular weight excluding hydrogens is 452 g/mol. The summed E-state index contributed by atoms with van der Waals surface area (Å²) < 4.78 is 16.7. The monoisotopic (exact) mass is 486 g/mol. The van der Waals surface area contributed by atoms with E-state index in [4.69, 9.17) is 14.0 Å². The van der Waals surface area contributed by atoms with Gasteiger partial charge in [-0.05, 0) is 70.7 Å². The van der Waals surface area contributed by atoms with Gasteiger partial charge in [0, 0.05) is 30.8 Å². The summed E-state index contributed by atoms with van der Waals surface area (Å²) in [4.78, 5) is 32.8. The number of aliphatic hydroxyl groups is 1. The molecule has 10 nitrogen and oxygen atoms in total. The maximum atomic E-state index is 12.7. The lowest BCUT2D eigenvalue weighted by atomic mass is 10.1. The van der Waals surface area contributed by atoms with Crippen LogP contribution in [0.5, 0.6) is 0 Å². The van der Waals surface area contributed by atoms with E-state index in [0.29, 0.717) is 55.3 Å². The van der Waals surface area contributed by atoms with E-state index in [1.165, 1.54) is 0 Å². The number of likely N-dealkylation sites (tertiary alicyclic amines) is 2. The molecule has 1 aromatic carbocycles. The molecule has 2 aliphatic rings. The van der Waals surface area contributed by atoms with Gasteiger partial charge in [0.25, 0.3) is 11.8 Å². The summed E-state index contributed by atoms with van der Waals surface area (Å²) >= 11 is 0. The number of carbonyl (C=O) groups is 2. The maximum Gasteiger partial charge on any atom is 0.410 e. The SMILES string of the molecule is CC(C)(C)OC(=O)N1CCC(OCc2noc(-c3ccc(C(=O)N4CCC[C@H]4CO)cc3)n2)CC1. The summed E-state index contributed by atoms with van der Waals surface area (Å²) in [7, 11) is 0. The third-order valence-corrected chi connectivity index (χ3v) is 6.24. The van der Waals surface area contributed by atoms with Crippen LogP contribution in [0.4, 0.5) is 4.79 Å². The zero-order valence-electron chi connectivity index (χ0n) is 20.6. The number of ether oxygens (including phenoxy) is 2. The number of hydrogen-bond acceptors (Lipinski definition) is 8. The molecular formula is C25H34N4O6. The van der Waals surface area contributed by atoms with Gasteiger partial charge in [-0.25, -0.2) is 4.79 Å². The average molecular weight is 487 g/mol. The first-order valence-corrected chi connectivity index (χ1v) is 12.2. The van der Waals surface area contributed by atoms with Crippen molar-refractivity contribution in [3.63, 3.8) is 0 Å². The third-order valence-electron chi connectivity index (χ3n) is 6.24. The Morgan fingerprint density at radius 3 is 2.49 bits per heavy atom. The topological polar surface area (TPSA) is 118 Å². The number of amides is 2. The standard InChI is InChI=1S/C25H34N4O6/c1-25(2,3)34-24(32)28-13-10-20(11-14-28)33-16-21-26-22(35-27-21)17-6-8-18(9-7-17)23(31)29-12-4-5-19(29)15-30/h6-9,19-20,30H,4-5,10-16H2,1-3H3/t19-/m0/s1. The van der Waals surface area contributed by atoms with E-state index in [9.17, 15) is 14.7 Å². The maximum absolute atomic E-state index is 12.7. The highest BCUT2D eigenvalue weighted by Crippen LogP contribution is 2.23. The first kappa shape index (κ1) is 25.1. The molecule has 1 atom stereocenters. The van der Waals surface area contributed by atoms with E-state index in [0.717, 1.165) is 12.8 Å². The Balaban J connectivity index is 1.26. The van der Waals surface area contributed by atoms with Gasteiger partial charge in [-0.1, -0.05) is 5.16 Å². The number of nitrogens with zero attached hydrogens (tertiary/aromatic N) is 4. The van der Waals surface area contributed by atoms with Crippen molar-refractivity contribution in [2.75, 3.05) is 26.2 Å². The fourth-order valence-electron chi connectivity index (χ4n) is 4.37. The summed E-state index contributed by atoms with van der Waals surface area (Å²) in [5, 5.41) is 13.5. The van der Waals surface area contributed by atoms with Crippen LogP contribution in [0, 0.1) is 0 Å². The fourth-order valence-corrected chi connectivity index (χ4v) is 4.37. The van der Waals surface area contributed by atoms with Crippen LogP contribution in [0.25, 0.3) is 11.5 Å². The zero-order valence-corrected chi connectivity index (χ0v) is 20.6. The molecule has 0 aliphatic carbocycles. The van der Waals surface area contributed by atoms with Crippen molar-refractivity contribution in [1.29, 1.82) is 0 Å². The summed E-state index contributed by atoms with van der Waals surface area (Å²) in [6, 6.07) is 6.93. The molecule has 10 heteroatoms. The summed E-state index contributed by atoms with van der Waals surface area (Å²) in [6.07, 6.45) is 2.89. The van der Waals surface area contributed by atoms with Crippen molar-refractivity contribution in [3.05, 3.63) is 35.7 Å². The first-order valence-electron chi connectivity index (χ1n) is 12.2. The number of hydrogen-bond donors (Lipinski definition) is 1. The minimum Gasteiger partial charge on any atom is -0.444 e. The second-order valence-corrected chi connectivity index (χ2v) is 10.0. The largest absolute Gasteiger partial charge is 0.444 e. The minimum absolute atomic E-state index is 0.00858. The molecule has 190 valence electrons. The Labute approximate surface area is 205 Å². The molecule has 2 aromatic rings. The molecule has 0 radical (unpaired) electrons. The van der Waals surface area contributed by atoms with Gasteiger partial charge in [0.1, 0.15) is 12.2 Å². The van der Waals surface area contributed by atoms with Crippen LogP contribution in [-0.2, 0) is 16.1 Å². The molecule has 0 saturated carbocycles. The molecule has 2 aliphatic heterocycles. The summed E-state index contributed by atoms with van der Waals surface area (Å²) in [5.74, 6) is 0.722. The van der Waals surface area contributed by atoms with Gasteiger partial charge in [-0.3, -0.25) is 4.79 Å². The van der Waals surface area contributed by atoms with Crippen LogP contribution in [-0.4, -0.2) is 81.0 Å². The Bertz CT molecular complexity index is 1010. The van der Waals surface area contributed by atoms with Crippen LogP contribution < -0.4 is 0 Å². The molecule has 3 heterocycles.